The van der Waals surface area contributed by atoms with Gasteiger partial charge >= 0.3 is 5.97 Å². The summed E-state index contributed by atoms with van der Waals surface area (Å²) in [7, 11) is 0. The first-order chi connectivity index (χ1) is 17.5. The number of benzene rings is 1. The zero-order valence-electron chi connectivity index (χ0n) is 21.7. The summed E-state index contributed by atoms with van der Waals surface area (Å²) >= 11 is 0. The summed E-state index contributed by atoms with van der Waals surface area (Å²) in [5, 5.41) is 11.2. The first kappa shape index (κ1) is 27.3. The minimum atomic E-state index is -0.365. The summed E-state index contributed by atoms with van der Waals surface area (Å²) in [6.45, 7) is 7.87. The topological polar surface area (TPSA) is 109 Å². The van der Waals surface area contributed by atoms with Crippen molar-refractivity contribution in [3.8, 4) is 0 Å². The molecule has 0 saturated carbocycles. The van der Waals surface area contributed by atoms with Gasteiger partial charge in [0.15, 0.2) is 0 Å². The summed E-state index contributed by atoms with van der Waals surface area (Å²) < 4.78 is 5.02. The highest BCUT2D eigenvalue weighted by Gasteiger charge is 2.29. The lowest BCUT2D eigenvalue weighted by Gasteiger charge is -2.25. The van der Waals surface area contributed by atoms with E-state index in [1.165, 1.54) is 5.57 Å². The summed E-state index contributed by atoms with van der Waals surface area (Å²) in [5.74, 6) is 5.29. The highest BCUT2D eigenvalue weighted by Crippen LogP contribution is 2.32. The molecule has 2 unspecified atom stereocenters. The van der Waals surface area contributed by atoms with Gasteiger partial charge in [0.2, 0.25) is 5.91 Å². The van der Waals surface area contributed by atoms with Crippen molar-refractivity contribution in [3.05, 3.63) is 64.8 Å². The predicted octanol–water partition coefficient (Wildman–Crippen LogP) is 4.48. The van der Waals surface area contributed by atoms with Gasteiger partial charge in [-0.2, -0.15) is 5.11 Å². The lowest BCUT2D eigenvalue weighted by Crippen LogP contribution is -2.39. The van der Waals surface area contributed by atoms with Crippen molar-refractivity contribution < 1.29 is 14.3 Å². The van der Waals surface area contributed by atoms with Crippen LogP contribution < -0.4 is 11.2 Å². The molecule has 0 spiro atoms. The Hall–Kier alpha value is -3.26. The number of nitrogens with zero attached hydrogens (tertiary/aromatic N) is 3. The number of ether oxygens (including phenoxy) is 1. The van der Waals surface area contributed by atoms with Gasteiger partial charge < -0.3 is 15.5 Å². The van der Waals surface area contributed by atoms with E-state index in [0.29, 0.717) is 25.9 Å². The predicted molar refractivity (Wildman–Crippen MR) is 142 cm³/mol. The molecule has 8 nitrogen and oxygen atoms in total. The minimum Gasteiger partial charge on any atom is -0.466 e. The normalized spacial score (nSPS) is 19.6. The van der Waals surface area contributed by atoms with Gasteiger partial charge in [-0.25, -0.2) is 0 Å². The number of carbonyl (C=O) groups excluding carboxylic acids is 2. The van der Waals surface area contributed by atoms with Crippen LogP contribution in [0.4, 0.5) is 0 Å². The van der Waals surface area contributed by atoms with E-state index in [1.54, 1.807) is 0 Å². The van der Waals surface area contributed by atoms with Gasteiger partial charge in [0.25, 0.3) is 0 Å². The molecule has 1 heterocycles. The number of rotatable bonds is 11. The third-order valence-electron chi connectivity index (χ3n) is 6.45. The molecule has 1 aliphatic carbocycles. The highest BCUT2D eigenvalue weighted by atomic mass is 16.5. The van der Waals surface area contributed by atoms with Crippen LogP contribution in [-0.2, 0) is 20.7 Å². The van der Waals surface area contributed by atoms with Gasteiger partial charge in [0.1, 0.15) is 6.17 Å². The Morgan fingerprint density at radius 3 is 2.44 bits per heavy atom. The quantitative estimate of drug-likeness (QED) is 0.204. The van der Waals surface area contributed by atoms with Crippen molar-refractivity contribution in [2.24, 2.45) is 16.2 Å². The van der Waals surface area contributed by atoms with Crippen LogP contribution in [0.15, 0.2) is 64.0 Å². The molecule has 3 rings (SSSR count). The Labute approximate surface area is 214 Å². The van der Waals surface area contributed by atoms with Crippen molar-refractivity contribution in [1.82, 2.24) is 10.2 Å². The SMILES string of the molecule is CCCN(CCC)C(=O)C1=CC2=CC=C(c3ccc(CCC(=O)OCC)cc3)CC2NC(N=NN)C1. The van der Waals surface area contributed by atoms with E-state index in [9.17, 15) is 9.59 Å². The van der Waals surface area contributed by atoms with Gasteiger partial charge in [-0.3, -0.25) is 14.9 Å². The zero-order chi connectivity index (χ0) is 25.9. The van der Waals surface area contributed by atoms with Crippen LogP contribution in [0.3, 0.4) is 0 Å². The molecule has 194 valence electrons. The number of hydrogen-bond acceptors (Lipinski definition) is 6. The van der Waals surface area contributed by atoms with Gasteiger partial charge in [-0.15, -0.1) is 0 Å². The maximum Gasteiger partial charge on any atom is 0.306 e. The average Bonchev–Trinajstić information content (AvgIpc) is 3.06. The molecule has 1 aliphatic heterocycles. The van der Waals surface area contributed by atoms with E-state index in [4.69, 9.17) is 10.6 Å². The van der Waals surface area contributed by atoms with Crippen LogP contribution in [0.2, 0.25) is 0 Å². The molecule has 0 saturated heterocycles. The molecule has 0 fully saturated rings. The summed E-state index contributed by atoms with van der Waals surface area (Å²) in [6.07, 6.45) is 9.96. The first-order valence-corrected chi connectivity index (χ1v) is 13.0. The number of nitrogens with one attached hydrogen (secondary N) is 1. The molecule has 0 radical (unpaired) electrons. The van der Waals surface area contributed by atoms with Crippen LogP contribution in [0.25, 0.3) is 5.57 Å². The summed E-state index contributed by atoms with van der Waals surface area (Å²) in [5.41, 5.74) is 5.23. The molecule has 0 aromatic heterocycles. The standard InChI is InChI=1S/C28H39N5O3/c1-4-15-33(16-5-2)28(35)24-17-23-13-12-22(18-25(23)30-26(19-24)31-32-29)21-10-7-20(8-11-21)9-14-27(34)36-6-3/h7-8,10-13,17,25-26,30H,4-6,9,14-16,18-19H2,1-3H3,(H2,29,31). The molecule has 2 aliphatic rings. The van der Waals surface area contributed by atoms with Crippen LogP contribution in [0, 0.1) is 0 Å². The van der Waals surface area contributed by atoms with Crippen LogP contribution in [0.1, 0.15) is 64.0 Å². The van der Waals surface area contributed by atoms with E-state index in [0.717, 1.165) is 54.6 Å². The van der Waals surface area contributed by atoms with E-state index < -0.39 is 0 Å². The Balaban J connectivity index is 1.80. The van der Waals surface area contributed by atoms with E-state index >= 15 is 0 Å². The molecule has 3 N–H and O–H groups in total. The fourth-order valence-corrected chi connectivity index (χ4v) is 4.72. The number of hydrogen-bond donors (Lipinski definition) is 2. The molecular formula is C28H39N5O3. The second kappa shape index (κ2) is 13.7. The molecule has 8 heteroatoms. The summed E-state index contributed by atoms with van der Waals surface area (Å²) in [6, 6.07) is 8.31. The Bertz CT molecular complexity index is 1020. The lowest BCUT2D eigenvalue weighted by molar-refractivity contribution is -0.143. The average molecular weight is 494 g/mol. The van der Waals surface area contributed by atoms with E-state index in [1.807, 2.05) is 17.9 Å². The Morgan fingerprint density at radius 1 is 1.08 bits per heavy atom. The van der Waals surface area contributed by atoms with Crippen molar-refractivity contribution in [1.29, 1.82) is 0 Å². The largest absolute Gasteiger partial charge is 0.466 e. The molecule has 0 bridgehead atoms. The number of esters is 1. The number of allylic oxidation sites excluding steroid dienone is 2. The lowest BCUT2D eigenvalue weighted by atomic mass is 9.88. The Morgan fingerprint density at radius 2 is 1.81 bits per heavy atom. The number of aryl methyl sites for hydroxylation is 1. The highest BCUT2D eigenvalue weighted by molar-refractivity contribution is 5.94. The van der Waals surface area contributed by atoms with Gasteiger partial charge in [0, 0.05) is 37.5 Å². The fraction of sp³-hybridized carbons (Fsp3) is 0.500. The number of amides is 1. The smallest absolute Gasteiger partial charge is 0.306 e. The maximum atomic E-state index is 13.4. The third kappa shape index (κ3) is 7.37. The summed E-state index contributed by atoms with van der Waals surface area (Å²) in [4.78, 5) is 26.9. The van der Waals surface area contributed by atoms with Gasteiger partial charge in [-0.1, -0.05) is 55.5 Å². The molecule has 2 atom stereocenters. The van der Waals surface area contributed by atoms with Crippen molar-refractivity contribution in [3.63, 3.8) is 0 Å². The first-order valence-electron chi connectivity index (χ1n) is 13.0. The third-order valence-corrected chi connectivity index (χ3v) is 6.45. The van der Waals surface area contributed by atoms with Crippen LogP contribution >= 0.6 is 0 Å². The van der Waals surface area contributed by atoms with Crippen molar-refractivity contribution >= 4 is 17.4 Å². The van der Waals surface area contributed by atoms with Crippen molar-refractivity contribution in [2.45, 2.75) is 71.5 Å². The van der Waals surface area contributed by atoms with Gasteiger partial charge in [0.05, 0.1) is 6.61 Å². The van der Waals surface area contributed by atoms with E-state index in [-0.39, 0.29) is 24.1 Å². The Kier molecular flexibility index (Phi) is 10.4. The number of fused-ring (bicyclic) bond motifs is 1. The molecule has 1 aromatic rings. The van der Waals surface area contributed by atoms with Crippen molar-refractivity contribution in [2.75, 3.05) is 19.7 Å². The second-order valence-electron chi connectivity index (χ2n) is 9.20. The zero-order valence-corrected chi connectivity index (χ0v) is 21.7. The second-order valence-corrected chi connectivity index (χ2v) is 9.20. The molecule has 36 heavy (non-hydrogen) atoms. The minimum absolute atomic E-state index is 0.0000842. The maximum absolute atomic E-state index is 13.4. The molecule has 1 aromatic carbocycles. The van der Waals surface area contributed by atoms with E-state index in [2.05, 4.69) is 65.9 Å². The monoisotopic (exact) mass is 493 g/mol. The molecule has 1 amide bonds. The van der Waals surface area contributed by atoms with Gasteiger partial charge in [-0.05, 0) is 61.0 Å². The fourth-order valence-electron chi connectivity index (χ4n) is 4.72. The number of carbonyl (C=O) groups is 2. The number of nitrogens with two attached hydrogens (primary N) is 1. The van der Waals surface area contributed by atoms with Crippen LogP contribution in [0.5, 0.6) is 0 Å². The molecular weight excluding hydrogens is 454 g/mol. The van der Waals surface area contributed by atoms with Crippen LogP contribution in [-0.4, -0.2) is 48.7 Å².